The molecule has 0 spiro atoms. The van der Waals surface area contributed by atoms with Crippen LogP contribution in [-0.2, 0) is 11.3 Å². The lowest BCUT2D eigenvalue weighted by Gasteiger charge is -2.08. The first-order valence-corrected chi connectivity index (χ1v) is 9.69. The number of amides is 1. The molecule has 0 aliphatic carbocycles. The summed E-state index contributed by atoms with van der Waals surface area (Å²) in [6, 6.07) is 9.38. The Morgan fingerprint density at radius 1 is 1.21 bits per heavy atom. The molecule has 7 nitrogen and oxygen atoms in total. The Labute approximate surface area is 165 Å². The summed E-state index contributed by atoms with van der Waals surface area (Å²) in [6.07, 6.45) is 3.40. The second-order valence-electron chi connectivity index (χ2n) is 6.55. The lowest BCUT2D eigenvalue weighted by Crippen LogP contribution is -2.23. The van der Waals surface area contributed by atoms with E-state index in [-0.39, 0.29) is 24.4 Å². The summed E-state index contributed by atoms with van der Waals surface area (Å²) in [6.45, 7) is 4.20. The SMILES string of the molecule is Cc1sc2ncn(CCC(=O)Nc3ccc(-c4ccn[nH]4)cc3)c(=O)c2c1C. The Morgan fingerprint density at radius 2 is 2.00 bits per heavy atom. The first kappa shape index (κ1) is 18.1. The van der Waals surface area contributed by atoms with Crippen molar-refractivity contribution in [3.8, 4) is 11.3 Å². The largest absolute Gasteiger partial charge is 0.326 e. The minimum absolute atomic E-state index is 0.0939. The second-order valence-corrected chi connectivity index (χ2v) is 7.76. The van der Waals surface area contributed by atoms with E-state index in [4.69, 9.17) is 0 Å². The Morgan fingerprint density at radius 3 is 2.71 bits per heavy atom. The summed E-state index contributed by atoms with van der Waals surface area (Å²) in [5.74, 6) is -0.153. The van der Waals surface area contributed by atoms with Gasteiger partial charge in [0.2, 0.25) is 5.91 Å². The zero-order valence-electron chi connectivity index (χ0n) is 15.5. The molecule has 4 rings (SSSR count). The summed E-state index contributed by atoms with van der Waals surface area (Å²) in [7, 11) is 0. The van der Waals surface area contributed by atoms with Crippen molar-refractivity contribution < 1.29 is 4.79 Å². The number of benzene rings is 1. The minimum atomic E-state index is -0.153. The molecule has 1 amide bonds. The highest BCUT2D eigenvalue weighted by Gasteiger charge is 2.13. The highest BCUT2D eigenvalue weighted by Crippen LogP contribution is 2.25. The van der Waals surface area contributed by atoms with Crippen molar-refractivity contribution in [3.63, 3.8) is 0 Å². The fourth-order valence-corrected chi connectivity index (χ4v) is 4.01. The van der Waals surface area contributed by atoms with Crippen LogP contribution >= 0.6 is 11.3 Å². The van der Waals surface area contributed by atoms with E-state index in [1.807, 2.05) is 44.2 Å². The van der Waals surface area contributed by atoms with Crippen LogP contribution in [0.1, 0.15) is 16.9 Å². The molecular formula is C20H19N5O2S. The molecule has 0 bridgehead atoms. The van der Waals surface area contributed by atoms with Crippen LogP contribution < -0.4 is 10.9 Å². The summed E-state index contributed by atoms with van der Waals surface area (Å²) >= 11 is 1.52. The van der Waals surface area contributed by atoms with Gasteiger partial charge >= 0.3 is 0 Å². The topological polar surface area (TPSA) is 92.7 Å². The van der Waals surface area contributed by atoms with Crippen LogP contribution in [0.5, 0.6) is 0 Å². The molecule has 0 atom stereocenters. The van der Waals surface area contributed by atoms with Crippen LogP contribution in [0.15, 0.2) is 47.7 Å². The monoisotopic (exact) mass is 393 g/mol. The zero-order chi connectivity index (χ0) is 19.7. The van der Waals surface area contributed by atoms with Gasteiger partial charge in [-0.1, -0.05) is 12.1 Å². The van der Waals surface area contributed by atoms with Gasteiger partial charge in [-0.05, 0) is 43.2 Å². The number of fused-ring (bicyclic) bond motifs is 1. The van der Waals surface area contributed by atoms with E-state index < -0.39 is 0 Å². The maximum atomic E-state index is 12.7. The summed E-state index contributed by atoms with van der Waals surface area (Å²) in [4.78, 5) is 31.2. The number of rotatable bonds is 5. The Kier molecular flexibility index (Phi) is 4.79. The van der Waals surface area contributed by atoms with Gasteiger partial charge < -0.3 is 5.32 Å². The Hall–Kier alpha value is -3.26. The molecule has 142 valence electrons. The number of carbonyl (C=O) groups excluding carboxylic acids is 1. The van der Waals surface area contributed by atoms with Gasteiger partial charge in [-0.3, -0.25) is 19.3 Å². The molecule has 0 saturated carbocycles. The van der Waals surface area contributed by atoms with Crippen LogP contribution in [0.4, 0.5) is 5.69 Å². The number of hydrogen-bond donors (Lipinski definition) is 2. The number of anilines is 1. The number of thiophene rings is 1. The van der Waals surface area contributed by atoms with Gasteiger partial charge in [0.05, 0.1) is 17.4 Å². The predicted octanol–water partition coefficient (Wildman–Crippen LogP) is 3.49. The van der Waals surface area contributed by atoms with Crippen molar-refractivity contribution in [2.45, 2.75) is 26.8 Å². The maximum absolute atomic E-state index is 12.7. The van der Waals surface area contributed by atoms with E-state index in [0.29, 0.717) is 11.1 Å². The molecule has 1 aromatic carbocycles. The molecule has 0 saturated heterocycles. The second kappa shape index (κ2) is 7.40. The molecule has 28 heavy (non-hydrogen) atoms. The number of nitrogens with one attached hydrogen (secondary N) is 2. The van der Waals surface area contributed by atoms with Crippen molar-refractivity contribution in [2.24, 2.45) is 0 Å². The van der Waals surface area contributed by atoms with E-state index in [9.17, 15) is 9.59 Å². The quantitative estimate of drug-likeness (QED) is 0.543. The van der Waals surface area contributed by atoms with Crippen LogP contribution in [0.3, 0.4) is 0 Å². The number of aromatic nitrogens is 4. The van der Waals surface area contributed by atoms with Crippen LogP contribution in [0, 0.1) is 13.8 Å². The van der Waals surface area contributed by atoms with Gasteiger partial charge in [0.15, 0.2) is 0 Å². The van der Waals surface area contributed by atoms with Crippen molar-refractivity contribution >= 4 is 33.1 Å². The molecule has 0 aliphatic heterocycles. The van der Waals surface area contributed by atoms with Gasteiger partial charge in [-0.25, -0.2) is 4.98 Å². The first-order valence-electron chi connectivity index (χ1n) is 8.88. The average molecular weight is 393 g/mol. The predicted molar refractivity (Wildman–Crippen MR) is 111 cm³/mol. The van der Waals surface area contributed by atoms with Gasteiger partial charge in [-0.15, -0.1) is 11.3 Å². The van der Waals surface area contributed by atoms with Crippen molar-refractivity contribution in [1.82, 2.24) is 19.7 Å². The molecule has 0 fully saturated rings. The van der Waals surface area contributed by atoms with Crippen molar-refractivity contribution in [3.05, 3.63) is 63.7 Å². The number of aryl methyl sites for hydroxylation is 3. The maximum Gasteiger partial charge on any atom is 0.262 e. The third-order valence-corrected chi connectivity index (χ3v) is 5.83. The van der Waals surface area contributed by atoms with E-state index in [1.54, 1.807) is 6.20 Å². The minimum Gasteiger partial charge on any atom is -0.326 e. The molecule has 0 aliphatic rings. The van der Waals surface area contributed by atoms with Crippen LogP contribution in [0.25, 0.3) is 21.5 Å². The lowest BCUT2D eigenvalue weighted by atomic mass is 10.1. The van der Waals surface area contributed by atoms with Crippen LogP contribution in [0.2, 0.25) is 0 Å². The summed E-state index contributed by atoms with van der Waals surface area (Å²) < 4.78 is 1.50. The smallest absolute Gasteiger partial charge is 0.262 e. The fraction of sp³-hybridized carbons (Fsp3) is 0.200. The van der Waals surface area contributed by atoms with Gasteiger partial charge in [0, 0.05) is 29.7 Å². The van der Waals surface area contributed by atoms with Gasteiger partial charge in [-0.2, -0.15) is 5.10 Å². The highest BCUT2D eigenvalue weighted by molar-refractivity contribution is 7.18. The molecule has 3 aromatic heterocycles. The zero-order valence-corrected chi connectivity index (χ0v) is 16.3. The number of nitrogens with zero attached hydrogens (tertiary/aromatic N) is 3. The van der Waals surface area contributed by atoms with E-state index in [1.165, 1.54) is 22.2 Å². The molecule has 4 aromatic rings. The average Bonchev–Trinajstić information content (AvgIpc) is 3.31. The Bertz CT molecular complexity index is 1190. The third kappa shape index (κ3) is 3.46. The Balaban J connectivity index is 1.42. The van der Waals surface area contributed by atoms with Crippen LogP contribution in [-0.4, -0.2) is 25.7 Å². The van der Waals surface area contributed by atoms with Crippen molar-refractivity contribution in [2.75, 3.05) is 5.32 Å². The number of H-pyrrole nitrogens is 1. The van der Waals surface area contributed by atoms with E-state index >= 15 is 0 Å². The molecule has 8 heteroatoms. The first-order chi connectivity index (χ1) is 13.5. The number of carbonyl (C=O) groups is 1. The van der Waals surface area contributed by atoms with Crippen molar-refractivity contribution in [1.29, 1.82) is 0 Å². The third-order valence-electron chi connectivity index (χ3n) is 4.72. The molecule has 0 unspecified atom stereocenters. The normalized spacial score (nSPS) is 11.1. The standard InChI is InChI=1S/C20H19N5O2S/c1-12-13(2)28-19-18(12)20(27)25(11-21-19)10-8-17(26)23-15-5-3-14(4-6-15)16-7-9-22-24-16/h3-7,9,11H,8,10H2,1-2H3,(H,22,24)(H,23,26). The summed E-state index contributed by atoms with van der Waals surface area (Å²) in [5, 5.41) is 10.3. The number of aromatic amines is 1. The van der Waals surface area contributed by atoms with E-state index in [0.717, 1.165) is 26.5 Å². The van der Waals surface area contributed by atoms with Gasteiger partial charge in [0.1, 0.15) is 4.83 Å². The fourth-order valence-electron chi connectivity index (χ4n) is 3.02. The van der Waals surface area contributed by atoms with Gasteiger partial charge in [0.25, 0.3) is 5.56 Å². The highest BCUT2D eigenvalue weighted by atomic mass is 32.1. The molecular weight excluding hydrogens is 374 g/mol. The van der Waals surface area contributed by atoms with E-state index in [2.05, 4.69) is 20.5 Å². The summed E-state index contributed by atoms with van der Waals surface area (Å²) in [5.41, 5.74) is 3.48. The molecule has 2 N–H and O–H groups in total. The lowest BCUT2D eigenvalue weighted by molar-refractivity contribution is -0.116. The molecule has 0 radical (unpaired) electrons. The number of hydrogen-bond acceptors (Lipinski definition) is 5. The molecule has 3 heterocycles.